The molecule has 1 saturated heterocycles. The number of ether oxygens (including phenoxy) is 2. The first kappa shape index (κ1) is 21.6. The van der Waals surface area contributed by atoms with Gasteiger partial charge in [-0.2, -0.15) is 5.10 Å². The second-order valence-corrected chi connectivity index (χ2v) is 9.83. The van der Waals surface area contributed by atoms with Gasteiger partial charge in [-0.15, -0.1) is 0 Å². The second kappa shape index (κ2) is 8.84. The van der Waals surface area contributed by atoms with Crippen LogP contribution >= 0.6 is 0 Å². The zero-order valence-electron chi connectivity index (χ0n) is 18.1. The number of methoxy groups -OCH3 is 2. The van der Waals surface area contributed by atoms with E-state index in [1.807, 2.05) is 43.5 Å². The third kappa shape index (κ3) is 4.24. The molecule has 31 heavy (non-hydrogen) atoms. The average molecular weight is 445 g/mol. The first-order chi connectivity index (χ1) is 15.0. The smallest absolute Gasteiger partial charge is 0.214 e. The fraction of sp³-hybridized carbons (Fsp3) is 0.455. The van der Waals surface area contributed by atoms with E-state index in [2.05, 4.69) is 4.98 Å². The molecule has 8 nitrogen and oxygen atoms in total. The van der Waals surface area contributed by atoms with Gasteiger partial charge in [-0.3, -0.25) is 0 Å². The standard InChI is InChI=1S/C22H28N4O4S/c1-4-13-31(27,28)25-12-6-7-17(14-25)22-23-20-11-10-16(15-26(20)24-22)18-8-5-9-19(29-2)21(18)30-3/h5,8-11,15,17H,4,6-7,12-14H2,1-3H3/t17-/m0/s1. The fourth-order valence-electron chi connectivity index (χ4n) is 4.14. The van der Waals surface area contributed by atoms with Gasteiger partial charge in [0.25, 0.3) is 0 Å². The van der Waals surface area contributed by atoms with Gasteiger partial charge in [0.05, 0.1) is 20.0 Å². The van der Waals surface area contributed by atoms with Crippen molar-refractivity contribution in [1.82, 2.24) is 18.9 Å². The Kier molecular flexibility index (Phi) is 6.15. The molecule has 3 aromatic rings. The van der Waals surface area contributed by atoms with E-state index in [4.69, 9.17) is 14.6 Å². The van der Waals surface area contributed by atoms with Crippen LogP contribution < -0.4 is 9.47 Å². The molecule has 0 bridgehead atoms. The first-order valence-electron chi connectivity index (χ1n) is 10.5. The van der Waals surface area contributed by atoms with E-state index in [9.17, 15) is 8.42 Å². The van der Waals surface area contributed by atoms with E-state index in [0.29, 0.717) is 36.8 Å². The predicted molar refractivity (Wildman–Crippen MR) is 119 cm³/mol. The minimum absolute atomic E-state index is 0.00455. The summed E-state index contributed by atoms with van der Waals surface area (Å²) in [5.74, 6) is 2.19. The summed E-state index contributed by atoms with van der Waals surface area (Å²) in [6.45, 7) is 2.90. The molecule has 0 amide bonds. The molecule has 0 N–H and O–H groups in total. The number of piperidine rings is 1. The van der Waals surface area contributed by atoms with Gasteiger partial charge in [-0.1, -0.05) is 19.1 Å². The van der Waals surface area contributed by atoms with Gasteiger partial charge >= 0.3 is 0 Å². The van der Waals surface area contributed by atoms with Crippen molar-refractivity contribution in [2.24, 2.45) is 0 Å². The molecular weight excluding hydrogens is 416 g/mol. The van der Waals surface area contributed by atoms with Crippen LogP contribution in [0.25, 0.3) is 16.8 Å². The summed E-state index contributed by atoms with van der Waals surface area (Å²) < 4.78 is 39.3. The summed E-state index contributed by atoms with van der Waals surface area (Å²) >= 11 is 0. The van der Waals surface area contributed by atoms with Crippen molar-refractivity contribution in [3.63, 3.8) is 0 Å². The van der Waals surface area contributed by atoms with Crippen LogP contribution in [0.2, 0.25) is 0 Å². The van der Waals surface area contributed by atoms with Crippen LogP contribution in [-0.4, -0.2) is 60.4 Å². The molecule has 1 atom stereocenters. The van der Waals surface area contributed by atoms with Crippen molar-refractivity contribution >= 4 is 15.7 Å². The van der Waals surface area contributed by atoms with Crippen LogP contribution in [0.15, 0.2) is 36.5 Å². The SMILES string of the molecule is CCCS(=O)(=O)N1CCC[C@H](c2nc3ccc(-c4cccc(OC)c4OC)cn3n2)C1. The second-order valence-electron chi connectivity index (χ2n) is 7.74. The molecule has 0 spiro atoms. The van der Waals surface area contributed by atoms with Crippen molar-refractivity contribution in [3.05, 3.63) is 42.4 Å². The lowest BCUT2D eigenvalue weighted by Gasteiger charge is -2.30. The van der Waals surface area contributed by atoms with Crippen molar-refractivity contribution in [1.29, 1.82) is 0 Å². The molecule has 1 aromatic carbocycles. The Bertz CT molecular complexity index is 1180. The van der Waals surface area contributed by atoms with Gasteiger partial charge in [0.2, 0.25) is 10.0 Å². The first-order valence-corrected chi connectivity index (χ1v) is 12.1. The third-order valence-electron chi connectivity index (χ3n) is 5.67. The third-order valence-corrected chi connectivity index (χ3v) is 7.71. The molecule has 2 aromatic heterocycles. The summed E-state index contributed by atoms with van der Waals surface area (Å²) in [6.07, 6.45) is 4.23. The van der Waals surface area contributed by atoms with Gasteiger partial charge in [0.15, 0.2) is 23.0 Å². The molecule has 1 aliphatic rings. The molecule has 166 valence electrons. The number of aromatic nitrogens is 3. The number of nitrogens with zero attached hydrogens (tertiary/aromatic N) is 4. The number of fused-ring (bicyclic) bond motifs is 1. The summed E-state index contributed by atoms with van der Waals surface area (Å²) in [7, 11) is 0.0174. The van der Waals surface area contributed by atoms with Crippen molar-refractivity contribution in [2.45, 2.75) is 32.1 Å². The predicted octanol–water partition coefficient (Wildman–Crippen LogP) is 3.33. The monoisotopic (exact) mass is 444 g/mol. The lowest BCUT2D eigenvalue weighted by atomic mass is 9.99. The number of benzene rings is 1. The number of rotatable bonds is 7. The zero-order chi connectivity index (χ0) is 22.0. The molecular formula is C22H28N4O4S. The Morgan fingerprint density at radius 1 is 1.16 bits per heavy atom. The van der Waals surface area contributed by atoms with Crippen LogP contribution in [0.3, 0.4) is 0 Å². The maximum absolute atomic E-state index is 12.5. The maximum atomic E-state index is 12.5. The van der Waals surface area contributed by atoms with E-state index in [0.717, 1.165) is 29.6 Å². The Morgan fingerprint density at radius 2 is 2.00 bits per heavy atom. The van der Waals surface area contributed by atoms with Gasteiger partial charge < -0.3 is 9.47 Å². The van der Waals surface area contributed by atoms with E-state index < -0.39 is 10.0 Å². The van der Waals surface area contributed by atoms with Crippen LogP contribution in [0.1, 0.15) is 37.9 Å². The van der Waals surface area contributed by atoms with E-state index in [1.165, 1.54) is 0 Å². The Hall–Kier alpha value is -2.65. The van der Waals surface area contributed by atoms with Crippen LogP contribution in [0, 0.1) is 0 Å². The van der Waals surface area contributed by atoms with Crippen LogP contribution in [0.5, 0.6) is 11.5 Å². The van der Waals surface area contributed by atoms with Crippen LogP contribution in [-0.2, 0) is 10.0 Å². The van der Waals surface area contributed by atoms with Crippen molar-refractivity contribution in [2.75, 3.05) is 33.1 Å². The van der Waals surface area contributed by atoms with Gasteiger partial charge in [-0.05, 0) is 37.5 Å². The lowest BCUT2D eigenvalue weighted by Crippen LogP contribution is -2.40. The van der Waals surface area contributed by atoms with E-state index in [-0.39, 0.29) is 11.7 Å². The number of para-hydroxylation sites is 1. The van der Waals surface area contributed by atoms with Gasteiger partial charge in [0.1, 0.15) is 0 Å². The van der Waals surface area contributed by atoms with Gasteiger partial charge in [0, 0.05) is 36.3 Å². The Balaban J connectivity index is 1.64. The summed E-state index contributed by atoms with van der Waals surface area (Å²) in [6, 6.07) is 9.64. The van der Waals surface area contributed by atoms with Crippen LogP contribution in [0.4, 0.5) is 0 Å². The van der Waals surface area contributed by atoms with Crippen molar-refractivity contribution < 1.29 is 17.9 Å². The molecule has 3 heterocycles. The topological polar surface area (TPSA) is 86.0 Å². The minimum Gasteiger partial charge on any atom is -0.493 e. The number of sulfonamides is 1. The molecule has 0 unspecified atom stereocenters. The molecule has 0 radical (unpaired) electrons. The molecule has 0 aliphatic carbocycles. The molecule has 1 fully saturated rings. The number of pyridine rings is 1. The summed E-state index contributed by atoms with van der Waals surface area (Å²) in [5.41, 5.74) is 2.56. The molecule has 4 rings (SSSR count). The molecule has 0 saturated carbocycles. The largest absolute Gasteiger partial charge is 0.493 e. The van der Waals surface area contributed by atoms with Crippen molar-refractivity contribution in [3.8, 4) is 22.6 Å². The minimum atomic E-state index is -3.22. The zero-order valence-corrected chi connectivity index (χ0v) is 18.9. The quantitative estimate of drug-likeness (QED) is 0.556. The highest BCUT2D eigenvalue weighted by Gasteiger charge is 2.31. The van der Waals surface area contributed by atoms with E-state index >= 15 is 0 Å². The highest BCUT2D eigenvalue weighted by Crippen LogP contribution is 2.37. The highest BCUT2D eigenvalue weighted by atomic mass is 32.2. The molecule has 1 aliphatic heterocycles. The Labute approximate surface area is 182 Å². The molecule has 9 heteroatoms. The average Bonchev–Trinajstić information content (AvgIpc) is 3.22. The highest BCUT2D eigenvalue weighted by molar-refractivity contribution is 7.89. The normalized spacial score (nSPS) is 17.7. The maximum Gasteiger partial charge on any atom is 0.214 e. The van der Waals surface area contributed by atoms with Gasteiger partial charge in [-0.25, -0.2) is 22.2 Å². The lowest BCUT2D eigenvalue weighted by molar-refractivity contribution is 0.309. The summed E-state index contributed by atoms with van der Waals surface area (Å²) in [5, 5.41) is 4.70. The fourth-order valence-corrected chi connectivity index (χ4v) is 5.73. The number of hydrogen-bond donors (Lipinski definition) is 0. The number of hydrogen-bond acceptors (Lipinski definition) is 6. The Morgan fingerprint density at radius 3 is 2.74 bits per heavy atom. The summed E-state index contributed by atoms with van der Waals surface area (Å²) in [4.78, 5) is 4.68. The van der Waals surface area contributed by atoms with E-state index in [1.54, 1.807) is 23.0 Å².